The van der Waals surface area contributed by atoms with E-state index >= 15 is 0 Å². The van der Waals surface area contributed by atoms with Crippen LogP contribution < -0.4 is 0 Å². The van der Waals surface area contributed by atoms with Gasteiger partial charge in [0, 0.05) is 0 Å². The van der Waals surface area contributed by atoms with Crippen LogP contribution in [0.4, 0.5) is 0 Å². The van der Waals surface area contributed by atoms with Gasteiger partial charge in [0.1, 0.15) is 11.5 Å². The van der Waals surface area contributed by atoms with E-state index in [0.29, 0.717) is 0 Å². The van der Waals surface area contributed by atoms with Gasteiger partial charge in [0.2, 0.25) is 0 Å². The molecule has 6 rings (SSSR count). The molecule has 2 nitrogen and oxygen atoms in total. The molecule has 200 valence electrons. The maximum atomic E-state index is 5.47. The van der Waals surface area contributed by atoms with Crippen molar-refractivity contribution in [2.24, 2.45) is 0 Å². The van der Waals surface area contributed by atoms with Crippen LogP contribution in [0.2, 0.25) is 0 Å². The first-order valence-corrected chi connectivity index (χ1v) is 15.6. The number of aryl methyl sites for hydroxylation is 2. The van der Waals surface area contributed by atoms with Crippen molar-refractivity contribution in [2.45, 2.75) is 26.7 Å². The number of hydrogen-bond acceptors (Lipinski definition) is 2. The minimum absolute atomic E-state index is 0. The zero-order chi connectivity index (χ0) is 23.9. The van der Waals surface area contributed by atoms with Crippen molar-refractivity contribution in [1.82, 2.24) is 0 Å². The van der Waals surface area contributed by atoms with Gasteiger partial charge in [-0.1, -0.05) is 26.0 Å². The summed E-state index contributed by atoms with van der Waals surface area (Å²) < 4.78 is 10.9. The summed E-state index contributed by atoms with van der Waals surface area (Å²) in [5.74, 6) is 1.89. The standard InChI is InChI=1S/2C15H13O.2CH3.2ClH.Si.Zr/c2*1-2-11-9-12-5-3-6-13(14(12)10-11)15-7-4-8-16-15;;;;;;/h2*3-10H,2H2,1H3;2*1H3;2*1H;;/q4*-1;;;;. The molecule has 0 fully saturated rings. The molecule has 2 radical (unpaired) electrons. The van der Waals surface area contributed by atoms with Crippen LogP contribution in [0, 0.1) is 14.9 Å². The Labute approximate surface area is 256 Å². The second-order valence-corrected chi connectivity index (χ2v) is 8.01. The van der Waals surface area contributed by atoms with Crippen LogP contribution in [-0.4, -0.2) is 6.88 Å². The molecule has 0 aliphatic heterocycles. The summed E-state index contributed by atoms with van der Waals surface area (Å²) in [6.07, 6.45) is 5.59. The van der Waals surface area contributed by atoms with Crippen LogP contribution in [0.3, 0.4) is 0 Å². The second kappa shape index (κ2) is 17.5. The first kappa shape index (κ1) is 35.9. The van der Waals surface area contributed by atoms with Gasteiger partial charge < -0.3 is 23.7 Å². The van der Waals surface area contributed by atoms with Crippen LogP contribution in [0.25, 0.3) is 44.2 Å². The summed E-state index contributed by atoms with van der Waals surface area (Å²) in [4.78, 5) is 0. The van der Waals surface area contributed by atoms with Crippen molar-refractivity contribution in [2.75, 3.05) is 0 Å². The average Bonchev–Trinajstić information content (AvgIpc) is 3.70. The molecule has 0 amide bonds. The topological polar surface area (TPSA) is 26.3 Å². The Hall–Kier alpha value is -2.10. The van der Waals surface area contributed by atoms with Crippen molar-refractivity contribution in [3.05, 3.63) is 123 Å². The van der Waals surface area contributed by atoms with Crippen LogP contribution in [-0.2, 0) is 36.2 Å². The van der Waals surface area contributed by atoms with Crippen LogP contribution in [0.5, 0.6) is 0 Å². The van der Waals surface area contributed by atoms with Gasteiger partial charge in [-0.25, -0.2) is 0 Å². The third-order valence-corrected chi connectivity index (χ3v) is 6.01. The third-order valence-electron chi connectivity index (χ3n) is 6.01. The summed E-state index contributed by atoms with van der Waals surface area (Å²) in [6, 6.07) is 29.6. The molecule has 0 aliphatic carbocycles. The number of hydrogen-bond donors (Lipinski definition) is 0. The van der Waals surface area contributed by atoms with Crippen molar-refractivity contribution in [3.8, 4) is 22.6 Å². The van der Waals surface area contributed by atoms with Gasteiger partial charge in [-0.15, -0.1) is 93.9 Å². The van der Waals surface area contributed by atoms with Crippen LogP contribution >= 0.6 is 24.8 Å². The van der Waals surface area contributed by atoms with Crippen LogP contribution in [0.1, 0.15) is 25.0 Å². The van der Waals surface area contributed by atoms with Gasteiger partial charge in [0.15, 0.2) is 0 Å². The fraction of sp³-hybridized carbons (Fsp3) is 0.125. The predicted octanol–water partition coefficient (Wildman–Crippen LogP) is 10.1. The molecule has 0 atom stereocenters. The van der Waals surface area contributed by atoms with Crippen molar-refractivity contribution in [3.63, 3.8) is 0 Å². The molecule has 2 heterocycles. The van der Waals surface area contributed by atoms with E-state index in [0.717, 1.165) is 24.4 Å². The quantitative estimate of drug-likeness (QED) is 0.142. The molecule has 4 aromatic carbocycles. The fourth-order valence-electron chi connectivity index (χ4n) is 4.30. The van der Waals surface area contributed by atoms with Gasteiger partial charge in [-0.3, -0.25) is 0 Å². The molecule has 0 bridgehead atoms. The normalized spacial score (nSPS) is 9.39. The summed E-state index contributed by atoms with van der Waals surface area (Å²) in [7, 11) is 0. The molecular weight excluding hydrogens is 607 g/mol. The summed E-state index contributed by atoms with van der Waals surface area (Å²) in [5.41, 5.74) is 5.13. The summed E-state index contributed by atoms with van der Waals surface area (Å²) in [5, 5.41) is 5.17. The van der Waals surface area contributed by atoms with E-state index < -0.39 is 0 Å². The Morgan fingerprint density at radius 2 is 1.03 bits per heavy atom. The van der Waals surface area contributed by atoms with E-state index in [1.807, 2.05) is 24.3 Å². The first-order chi connectivity index (χ1) is 16.8. The SMILES string of the molecule is CCc1cc2c(-c3ccco3)cccc2[cH-]1.CCc1cc2c(-c3ccco3)cccc2[cH-]1.Cl.Cl.[CH3-].[CH3-].[Si]=[Zr]. The molecule has 0 unspecified atom stereocenters. The predicted molar refractivity (Wildman–Crippen MR) is 166 cm³/mol. The van der Waals surface area contributed by atoms with E-state index in [1.165, 1.54) is 67.1 Å². The van der Waals surface area contributed by atoms with Gasteiger partial charge in [-0.05, 0) is 48.2 Å². The van der Waals surface area contributed by atoms with Crippen molar-refractivity contribution in [1.29, 1.82) is 0 Å². The molecule has 2 aromatic heterocycles. The Morgan fingerprint density at radius 1 is 0.632 bits per heavy atom. The van der Waals surface area contributed by atoms with E-state index in [-0.39, 0.29) is 39.7 Å². The van der Waals surface area contributed by atoms with E-state index in [1.54, 1.807) is 12.5 Å². The first-order valence-electron chi connectivity index (χ1n) is 11.5. The molecule has 0 aliphatic rings. The molecule has 0 saturated heterocycles. The Bertz CT molecular complexity index is 1350. The molecule has 0 saturated carbocycles. The molecule has 6 heteroatoms. The number of rotatable bonds is 4. The monoisotopic (exact) mass is 638 g/mol. The number of halogens is 2. The Balaban J connectivity index is 0.000000616. The van der Waals surface area contributed by atoms with E-state index in [2.05, 4.69) is 81.4 Å². The number of fused-ring (bicyclic) bond motifs is 2. The summed E-state index contributed by atoms with van der Waals surface area (Å²) >= 11 is 1.36. The zero-order valence-corrected chi connectivity index (χ0v) is 27.4. The van der Waals surface area contributed by atoms with Gasteiger partial charge in [0.25, 0.3) is 0 Å². The van der Waals surface area contributed by atoms with Gasteiger partial charge in [0.05, 0.1) is 12.5 Å². The fourth-order valence-corrected chi connectivity index (χ4v) is 4.30. The van der Waals surface area contributed by atoms with Crippen molar-refractivity contribution >= 4 is 53.2 Å². The van der Waals surface area contributed by atoms with E-state index in [9.17, 15) is 0 Å². The second-order valence-electron chi connectivity index (χ2n) is 8.01. The molecular formula is C32H34Cl2O2SiZr-4. The third kappa shape index (κ3) is 7.96. The zero-order valence-electron chi connectivity index (χ0n) is 22.3. The Morgan fingerprint density at radius 3 is 1.34 bits per heavy atom. The van der Waals surface area contributed by atoms with E-state index in [4.69, 9.17) is 8.83 Å². The number of furan rings is 2. The Kier molecular flexibility index (Phi) is 16.5. The minimum atomic E-state index is 0. The number of benzene rings is 2. The van der Waals surface area contributed by atoms with Crippen molar-refractivity contribution < 1.29 is 32.2 Å². The van der Waals surface area contributed by atoms with Crippen LogP contribution in [0.15, 0.2) is 106 Å². The molecule has 0 spiro atoms. The molecule has 6 aromatic rings. The average molecular weight is 641 g/mol. The summed E-state index contributed by atoms with van der Waals surface area (Å²) in [6.45, 7) is 7.42. The maximum absolute atomic E-state index is 5.47. The van der Waals surface area contributed by atoms with Gasteiger partial charge >= 0.3 is 30.2 Å². The molecule has 38 heavy (non-hydrogen) atoms. The van der Waals surface area contributed by atoms with Gasteiger partial charge in [-0.2, -0.15) is 12.1 Å². The molecule has 0 N–H and O–H groups in total.